The van der Waals surface area contributed by atoms with E-state index in [1.165, 1.54) is 0 Å². The van der Waals surface area contributed by atoms with Gasteiger partial charge in [0.05, 0.1) is 9.52 Å². The van der Waals surface area contributed by atoms with E-state index in [9.17, 15) is 0 Å². The van der Waals surface area contributed by atoms with E-state index in [2.05, 4.69) is 27.0 Å². The predicted octanol–water partition coefficient (Wildman–Crippen LogP) is 5.17. The van der Waals surface area contributed by atoms with Gasteiger partial charge in [0.25, 0.3) is 0 Å². The first-order valence-corrected chi connectivity index (χ1v) is 8.73. The van der Waals surface area contributed by atoms with Crippen LogP contribution in [0.3, 0.4) is 0 Å². The Labute approximate surface area is 141 Å². The van der Waals surface area contributed by atoms with Crippen LogP contribution in [-0.4, -0.2) is 17.3 Å². The lowest BCUT2D eigenvalue weighted by atomic mass is 10.2. The van der Waals surface area contributed by atoms with Gasteiger partial charge >= 0.3 is 0 Å². The summed E-state index contributed by atoms with van der Waals surface area (Å²) in [6.07, 6.45) is 0. The molecule has 0 aromatic heterocycles. The number of thioether (sulfide) groups is 1. The van der Waals surface area contributed by atoms with Gasteiger partial charge in [-0.1, -0.05) is 29.8 Å². The van der Waals surface area contributed by atoms with Crippen LogP contribution in [0.2, 0.25) is 5.02 Å². The first-order chi connectivity index (χ1) is 10.2. The molecule has 0 fully saturated rings. The van der Waals surface area contributed by atoms with Crippen LogP contribution in [0.5, 0.6) is 5.75 Å². The fourth-order valence-corrected chi connectivity index (χ4v) is 3.57. The van der Waals surface area contributed by atoms with Crippen molar-refractivity contribution in [1.82, 2.24) is 0 Å². The topological polar surface area (TPSA) is 21.6 Å². The largest absolute Gasteiger partial charge is 0.488 e. The van der Waals surface area contributed by atoms with Crippen LogP contribution in [0.25, 0.3) is 0 Å². The Kier molecular flexibility index (Phi) is 4.88. The van der Waals surface area contributed by atoms with Crippen molar-refractivity contribution in [3.05, 3.63) is 63.1 Å². The van der Waals surface area contributed by atoms with Crippen molar-refractivity contribution in [1.29, 1.82) is 0 Å². The van der Waals surface area contributed by atoms with Gasteiger partial charge in [-0.2, -0.15) is 0 Å². The fraction of sp³-hybridized carbons (Fsp3) is 0.188. The summed E-state index contributed by atoms with van der Waals surface area (Å²) in [4.78, 5) is 4.48. The molecule has 1 aliphatic rings. The maximum atomic E-state index is 6.13. The van der Waals surface area contributed by atoms with Crippen LogP contribution in [0.1, 0.15) is 11.1 Å². The number of nitrogens with zero attached hydrogens (tertiary/aromatic N) is 1. The van der Waals surface area contributed by atoms with Gasteiger partial charge in [0.2, 0.25) is 0 Å². The molecule has 0 saturated heterocycles. The second-order valence-electron chi connectivity index (χ2n) is 4.56. The highest BCUT2D eigenvalue weighted by Crippen LogP contribution is 2.30. The van der Waals surface area contributed by atoms with Gasteiger partial charge in [-0.05, 0) is 40.2 Å². The Bertz CT molecular complexity index is 690. The molecule has 0 unspecified atom stereocenters. The van der Waals surface area contributed by atoms with Crippen LogP contribution in [-0.2, 0) is 6.61 Å². The third-order valence-corrected chi connectivity index (χ3v) is 5.12. The summed E-state index contributed by atoms with van der Waals surface area (Å²) in [5.41, 5.74) is 2.11. The zero-order valence-corrected chi connectivity index (χ0v) is 14.3. The quantitative estimate of drug-likeness (QED) is 0.727. The molecule has 2 aromatic carbocycles. The highest BCUT2D eigenvalue weighted by atomic mass is 79.9. The van der Waals surface area contributed by atoms with Crippen molar-refractivity contribution >= 4 is 44.3 Å². The number of hydrogen-bond donors (Lipinski definition) is 0. The molecule has 0 spiro atoms. The standard InChI is InChI=1S/C16H13BrClNOS/c17-13-9-11(16-19-7-8-21-16)5-6-15(13)20-10-12-3-1-2-4-14(12)18/h1-6,9H,7-8,10H2. The van der Waals surface area contributed by atoms with Crippen LogP contribution < -0.4 is 4.74 Å². The number of aliphatic imine (C=N–C) groups is 1. The Hall–Kier alpha value is -0.970. The third kappa shape index (κ3) is 3.62. The van der Waals surface area contributed by atoms with Gasteiger partial charge in [0, 0.05) is 28.4 Å². The van der Waals surface area contributed by atoms with E-state index in [1.807, 2.05) is 36.4 Å². The minimum absolute atomic E-state index is 0.452. The van der Waals surface area contributed by atoms with Crippen molar-refractivity contribution in [3.63, 3.8) is 0 Å². The van der Waals surface area contributed by atoms with Gasteiger partial charge in [0.15, 0.2) is 0 Å². The second-order valence-corrected chi connectivity index (χ2v) is 6.91. The maximum Gasteiger partial charge on any atom is 0.134 e. The molecule has 0 aliphatic carbocycles. The first kappa shape index (κ1) is 14.9. The molecular weight excluding hydrogens is 370 g/mol. The minimum Gasteiger partial charge on any atom is -0.488 e. The lowest BCUT2D eigenvalue weighted by Gasteiger charge is -2.10. The van der Waals surface area contributed by atoms with Gasteiger partial charge in [-0.3, -0.25) is 4.99 Å². The number of rotatable bonds is 4. The number of benzene rings is 2. The summed E-state index contributed by atoms with van der Waals surface area (Å²) in [7, 11) is 0. The molecule has 0 atom stereocenters. The Morgan fingerprint density at radius 3 is 2.81 bits per heavy atom. The van der Waals surface area contributed by atoms with Crippen molar-refractivity contribution in [3.8, 4) is 5.75 Å². The smallest absolute Gasteiger partial charge is 0.134 e. The molecule has 2 aromatic rings. The van der Waals surface area contributed by atoms with Gasteiger partial charge in [-0.25, -0.2) is 0 Å². The van der Waals surface area contributed by atoms with Crippen molar-refractivity contribution < 1.29 is 4.74 Å². The molecule has 0 radical (unpaired) electrons. The van der Waals surface area contributed by atoms with Crippen molar-refractivity contribution in [2.75, 3.05) is 12.3 Å². The van der Waals surface area contributed by atoms with E-state index in [1.54, 1.807) is 11.8 Å². The zero-order chi connectivity index (χ0) is 14.7. The molecule has 3 rings (SSSR count). The number of ether oxygens (including phenoxy) is 1. The molecule has 5 heteroatoms. The molecule has 2 nitrogen and oxygen atoms in total. The predicted molar refractivity (Wildman–Crippen MR) is 93.8 cm³/mol. The molecule has 108 valence electrons. The average Bonchev–Trinajstić information content (AvgIpc) is 3.02. The Balaban J connectivity index is 1.73. The van der Waals surface area contributed by atoms with E-state index < -0.39 is 0 Å². The lowest BCUT2D eigenvalue weighted by molar-refractivity contribution is 0.304. The molecular formula is C16H13BrClNOS. The first-order valence-electron chi connectivity index (χ1n) is 6.57. The molecule has 0 saturated carbocycles. The maximum absolute atomic E-state index is 6.13. The second kappa shape index (κ2) is 6.86. The number of hydrogen-bond acceptors (Lipinski definition) is 3. The Morgan fingerprint density at radius 1 is 1.24 bits per heavy atom. The molecule has 1 aliphatic heterocycles. The van der Waals surface area contributed by atoms with E-state index in [-0.39, 0.29) is 0 Å². The van der Waals surface area contributed by atoms with E-state index in [0.29, 0.717) is 6.61 Å². The average molecular weight is 383 g/mol. The summed E-state index contributed by atoms with van der Waals surface area (Å²) in [6.45, 7) is 1.36. The van der Waals surface area contributed by atoms with E-state index >= 15 is 0 Å². The van der Waals surface area contributed by atoms with Crippen molar-refractivity contribution in [2.45, 2.75) is 6.61 Å². The highest BCUT2D eigenvalue weighted by Gasteiger charge is 2.12. The summed E-state index contributed by atoms with van der Waals surface area (Å²) in [5.74, 6) is 1.87. The van der Waals surface area contributed by atoms with E-state index in [0.717, 1.165) is 43.7 Å². The summed E-state index contributed by atoms with van der Waals surface area (Å²) in [6, 6.07) is 13.8. The van der Waals surface area contributed by atoms with Crippen LogP contribution >= 0.6 is 39.3 Å². The highest BCUT2D eigenvalue weighted by molar-refractivity contribution is 9.10. The fourth-order valence-electron chi connectivity index (χ4n) is 2.03. The SMILES string of the molecule is Clc1ccccc1COc1ccc(C2=NCCS2)cc1Br. The molecule has 0 bridgehead atoms. The van der Waals surface area contributed by atoms with Gasteiger partial charge < -0.3 is 4.74 Å². The summed E-state index contributed by atoms with van der Waals surface area (Å²) < 4.78 is 6.78. The number of halogens is 2. The molecule has 0 amide bonds. The minimum atomic E-state index is 0.452. The summed E-state index contributed by atoms with van der Waals surface area (Å²) in [5, 5.41) is 1.83. The molecule has 21 heavy (non-hydrogen) atoms. The molecule has 1 heterocycles. The lowest BCUT2D eigenvalue weighted by Crippen LogP contribution is -1.98. The normalized spacial score (nSPS) is 14.1. The Morgan fingerprint density at radius 2 is 2.10 bits per heavy atom. The third-order valence-electron chi connectivity index (χ3n) is 3.11. The van der Waals surface area contributed by atoms with Crippen LogP contribution in [0.4, 0.5) is 0 Å². The van der Waals surface area contributed by atoms with Gasteiger partial charge in [-0.15, -0.1) is 11.8 Å². The summed E-state index contributed by atoms with van der Waals surface area (Å²) >= 11 is 11.5. The van der Waals surface area contributed by atoms with Gasteiger partial charge in [0.1, 0.15) is 12.4 Å². The van der Waals surface area contributed by atoms with E-state index in [4.69, 9.17) is 16.3 Å². The van der Waals surface area contributed by atoms with Crippen LogP contribution in [0, 0.1) is 0 Å². The molecule has 0 N–H and O–H groups in total. The zero-order valence-electron chi connectivity index (χ0n) is 11.2. The van der Waals surface area contributed by atoms with Crippen molar-refractivity contribution in [2.24, 2.45) is 4.99 Å². The van der Waals surface area contributed by atoms with Crippen LogP contribution in [0.15, 0.2) is 51.9 Å². The monoisotopic (exact) mass is 381 g/mol.